The summed E-state index contributed by atoms with van der Waals surface area (Å²) in [6.45, 7) is 6.13. The first kappa shape index (κ1) is 14.8. The van der Waals surface area contributed by atoms with Crippen LogP contribution in [0, 0.1) is 11.8 Å². The third kappa shape index (κ3) is 3.39. The molecule has 1 amide bonds. The molecular weight excluding hydrogens is 248 g/mol. The first-order chi connectivity index (χ1) is 8.06. The lowest BCUT2D eigenvalue weighted by Crippen LogP contribution is -2.42. The lowest BCUT2D eigenvalue weighted by Gasteiger charge is -2.35. The van der Waals surface area contributed by atoms with Gasteiger partial charge >= 0.3 is 0 Å². The van der Waals surface area contributed by atoms with Crippen molar-refractivity contribution in [3.8, 4) is 0 Å². The molecule has 4 heteroatoms. The highest BCUT2D eigenvalue weighted by molar-refractivity contribution is 5.95. The highest BCUT2D eigenvalue weighted by Gasteiger charge is 2.25. The van der Waals surface area contributed by atoms with Crippen molar-refractivity contribution in [2.75, 3.05) is 18.8 Å². The van der Waals surface area contributed by atoms with Crippen molar-refractivity contribution >= 4 is 24.0 Å². The van der Waals surface area contributed by atoms with Crippen molar-refractivity contribution < 1.29 is 4.79 Å². The van der Waals surface area contributed by atoms with Gasteiger partial charge in [-0.15, -0.1) is 12.4 Å². The molecule has 2 unspecified atom stereocenters. The molecule has 0 radical (unpaired) electrons. The second-order valence-electron chi connectivity index (χ2n) is 5.28. The van der Waals surface area contributed by atoms with Crippen LogP contribution in [0.2, 0.25) is 0 Å². The van der Waals surface area contributed by atoms with Crippen molar-refractivity contribution in [3.05, 3.63) is 29.8 Å². The van der Waals surface area contributed by atoms with Gasteiger partial charge in [-0.2, -0.15) is 0 Å². The number of carbonyl (C=O) groups excluding carboxylic acids is 1. The molecule has 2 atom stereocenters. The predicted molar refractivity (Wildman–Crippen MR) is 77.0 cm³/mol. The Morgan fingerprint density at radius 1 is 1.28 bits per heavy atom. The Bertz CT molecular complexity index is 412. The molecule has 1 heterocycles. The third-order valence-corrected chi connectivity index (χ3v) is 3.29. The van der Waals surface area contributed by atoms with Crippen molar-refractivity contribution in [2.45, 2.75) is 20.3 Å². The Kier molecular flexibility index (Phi) is 5.03. The number of rotatable bonds is 1. The Balaban J connectivity index is 0.00000162. The van der Waals surface area contributed by atoms with Crippen molar-refractivity contribution in [2.24, 2.45) is 11.8 Å². The van der Waals surface area contributed by atoms with Gasteiger partial charge in [-0.1, -0.05) is 19.9 Å². The van der Waals surface area contributed by atoms with Gasteiger partial charge in [-0.3, -0.25) is 4.79 Å². The van der Waals surface area contributed by atoms with Gasteiger partial charge in [0.1, 0.15) is 0 Å². The van der Waals surface area contributed by atoms with E-state index >= 15 is 0 Å². The minimum Gasteiger partial charge on any atom is -0.399 e. The number of hydrogen-bond acceptors (Lipinski definition) is 2. The van der Waals surface area contributed by atoms with Crippen LogP contribution in [0.3, 0.4) is 0 Å². The van der Waals surface area contributed by atoms with Crippen LogP contribution >= 0.6 is 12.4 Å². The van der Waals surface area contributed by atoms with Crippen LogP contribution in [-0.2, 0) is 0 Å². The summed E-state index contributed by atoms with van der Waals surface area (Å²) in [4.78, 5) is 14.3. The number of nitrogen functional groups attached to an aromatic ring is 1. The summed E-state index contributed by atoms with van der Waals surface area (Å²) in [6, 6.07) is 7.23. The molecule has 18 heavy (non-hydrogen) atoms. The largest absolute Gasteiger partial charge is 0.399 e. The minimum absolute atomic E-state index is 0. The zero-order valence-corrected chi connectivity index (χ0v) is 11.7. The Morgan fingerprint density at radius 2 is 1.89 bits per heavy atom. The molecule has 1 aliphatic heterocycles. The van der Waals surface area contributed by atoms with Crippen LogP contribution in [0.25, 0.3) is 0 Å². The minimum atomic E-state index is 0. The Morgan fingerprint density at radius 3 is 2.44 bits per heavy atom. The average Bonchev–Trinajstić information content (AvgIpc) is 2.26. The molecule has 1 aromatic carbocycles. The molecule has 0 bridgehead atoms. The molecule has 1 aliphatic rings. The normalized spacial score (nSPS) is 23.3. The third-order valence-electron chi connectivity index (χ3n) is 3.29. The fraction of sp³-hybridized carbons (Fsp3) is 0.500. The van der Waals surface area contributed by atoms with Crippen molar-refractivity contribution in [1.29, 1.82) is 0 Å². The molecule has 2 N–H and O–H groups in total. The van der Waals surface area contributed by atoms with E-state index in [0.717, 1.165) is 13.1 Å². The summed E-state index contributed by atoms with van der Waals surface area (Å²) in [5.41, 5.74) is 7.06. The second kappa shape index (κ2) is 6.10. The first-order valence-electron chi connectivity index (χ1n) is 6.21. The maximum Gasteiger partial charge on any atom is 0.253 e. The predicted octanol–water partition coefficient (Wildman–Crippen LogP) is 2.81. The van der Waals surface area contributed by atoms with Gasteiger partial charge < -0.3 is 10.6 Å². The van der Waals surface area contributed by atoms with Gasteiger partial charge in [0.15, 0.2) is 0 Å². The van der Waals surface area contributed by atoms with Gasteiger partial charge in [-0.25, -0.2) is 0 Å². The summed E-state index contributed by atoms with van der Waals surface area (Å²) in [7, 11) is 0. The second-order valence-corrected chi connectivity index (χ2v) is 5.28. The van der Waals surface area contributed by atoms with Crippen LogP contribution < -0.4 is 5.73 Å². The number of piperidine rings is 1. The number of carbonyl (C=O) groups is 1. The van der Waals surface area contributed by atoms with Gasteiger partial charge in [0.05, 0.1) is 0 Å². The molecule has 100 valence electrons. The molecule has 0 saturated carbocycles. The zero-order chi connectivity index (χ0) is 12.4. The molecule has 1 aromatic rings. The number of nitrogens with two attached hydrogens (primary N) is 1. The van der Waals surface area contributed by atoms with E-state index in [1.165, 1.54) is 6.42 Å². The molecule has 1 fully saturated rings. The molecular formula is C14H21ClN2O. The van der Waals surface area contributed by atoms with Gasteiger partial charge in [0, 0.05) is 24.3 Å². The smallest absolute Gasteiger partial charge is 0.253 e. The number of anilines is 1. The van der Waals surface area contributed by atoms with Crippen LogP contribution in [0.4, 0.5) is 5.69 Å². The molecule has 0 aliphatic carbocycles. The highest BCUT2D eigenvalue weighted by atomic mass is 35.5. The van der Waals surface area contributed by atoms with E-state index in [0.29, 0.717) is 23.1 Å². The number of benzene rings is 1. The fourth-order valence-electron chi connectivity index (χ4n) is 2.68. The van der Waals surface area contributed by atoms with Crippen LogP contribution in [-0.4, -0.2) is 23.9 Å². The van der Waals surface area contributed by atoms with Crippen LogP contribution in [0.1, 0.15) is 30.6 Å². The number of hydrogen-bond donors (Lipinski definition) is 1. The molecule has 3 nitrogen and oxygen atoms in total. The summed E-state index contributed by atoms with van der Waals surface area (Å²) < 4.78 is 0. The number of halogens is 1. The van der Waals surface area contributed by atoms with E-state index in [1.54, 1.807) is 12.1 Å². The van der Waals surface area contributed by atoms with Crippen molar-refractivity contribution in [1.82, 2.24) is 4.90 Å². The quantitative estimate of drug-likeness (QED) is 0.796. The van der Waals surface area contributed by atoms with E-state index in [2.05, 4.69) is 13.8 Å². The van der Waals surface area contributed by atoms with E-state index < -0.39 is 0 Å². The average molecular weight is 269 g/mol. The fourth-order valence-corrected chi connectivity index (χ4v) is 2.68. The maximum absolute atomic E-state index is 12.3. The van der Waals surface area contributed by atoms with E-state index in [-0.39, 0.29) is 18.3 Å². The number of likely N-dealkylation sites (tertiary alicyclic amines) is 1. The van der Waals surface area contributed by atoms with Gasteiger partial charge in [-0.05, 0) is 36.5 Å². The van der Waals surface area contributed by atoms with E-state index in [1.807, 2.05) is 17.0 Å². The van der Waals surface area contributed by atoms with Crippen LogP contribution in [0.15, 0.2) is 24.3 Å². The SMILES string of the molecule is CC1CC(C)CN(C(=O)c2cccc(N)c2)C1.Cl. The topological polar surface area (TPSA) is 46.3 Å². The monoisotopic (exact) mass is 268 g/mol. The molecule has 0 spiro atoms. The van der Waals surface area contributed by atoms with Gasteiger partial charge in [0.25, 0.3) is 5.91 Å². The summed E-state index contributed by atoms with van der Waals surface area (Å²) in [5, 5.41) is 0. The summed E-state index contributed by atoms with van der Waals surface area (Å²) >= 11 is 0. The number of amides is 1. The summed E-state index contributed by atoms with van der Waals surface area (Å²) in [6.07, 6.45) is 1.21. The highest BCUT2D eigenvalue weighted by Crippen LogP contribution is 2.22. The number of nitrogens with zero attached hydrogens (tertiary/aromatic N) is 1. The van der Waals surface area contributed by atoms with Crippen molar-refractivity contribution in [3.63, 3.8) is 0 Å². The Labute approximate surface area is 115 Å². The first-order valence-corrected chi connectivity index (χ1v) is 6.21. The molecule has 0 aromatic heterocycles. The standard InChI is InChI=1S/C14H20N2O.ClH/c1-10-6-11(2)9-16(8-10)14(17)12-4-3-5-13(15)7-12;/h3-5,7,10-11H,6,8-9,15H2,1-2H3;1H. The maximum atomic E-state index is 12.3. The van der Waals surface area contributed by atoms with E-state index in [4.69, 9.17) is 5.73 Å². The Hall–Kier alpha value is -1.22. The zero-order valence-electron chi connectivity index (χ0n) is 10.9. The lowest BCUT2D eigenvalue weighted by molar-refractivity contribution is 0.0623. The molecule has 1 saturated heterocycles. The van der Waals surface area contributed by atoms with Crippen LogP contribution in [0.5, 0.6) is 0 Å². The lowest BCUT2D eigenvalue weighted by atomic mass is 9.91. The summed E-state index contributed by atoms with van der Waals surface area (Å²) in [5.74, 6) is 1.28. The van der Waals surface area contributed by atoms with E-state index in [9.17, 15) is 4.79 Å². The van der Waals surface area contributed by atoms with Gasteiger partial charge in [0.2, 0.25) is 0 Å². The molecule has 2 rings (SSSR count).